The SMILES string of the molecule is c1coc(CCNC(=NCCCn2cccn2)NC2CCCC2)c1. The number of hydrogen-bond donors (Lipinski definition) is 2. The zero-order chi connectivity index (χ0) is 16.5. The molecule has 2 N–H and O–H groups in total. The first-order valence-corrected chi connectivity index (χ1v) is 8.95. The lowest BCUT2D eigenvalue weighted by Gasteiger charge is -2.17. The highest BCUT2D eigenvalue weighted by Crippen LogP contribution is 2.17. The predicted octanol–water partition coefficient (Wildman–Crippen LogP) is 2.59. The third-order valence-electron chi connectivity index (χ3n) is 4.31. The smallest absolute Gasteiger partial charge is 0.191 e. The maximum atomic E-state index is 5.38. The summed E-state index contributed by atoms with van der Waals surface area (Å²) in [7, 11) is 0. The molecule has 1 saturated carbocycles. The van der Waals surface area contributed by atoms with Crippen molar-refractivity contribution in [3.05, 3.63) is 42.6 Å². The molecule has 0 bridgehead atoms. The van der Waals surface area contributed by atoms with Crippen LogP contribution in [0.3, 0.4) is 0 Å². The fourth-order valence-electron chi connectivity index (χ4n) is 3.03. The van der Waals surface area contributed by atoms with Gasteiger partial charge in [-0.1, -0.05) is 12.8 Å². The van der Waals surface area contributed by atoms with E-state index in [1.807, 2.05) is 35.3 Å². The normalized spacial score (nSPS) is 15.8. The van der Waals surface area contributed by atoms with E-state index < -0.39 is 0 Å². The van der Waals surface area contributed by atoms with Gasteiger partial charge in [0.15, 0.2) is 5.96 Å². The lowest BCUT2D eigenvalue weighted by molar-refractivity contribution is 0.505. The number of hydrogen-bond acceptors (Lipinski definition) is 3. The Hall–Kier alpha value is -2.24. The average Bonchev–Trinajstić information content (AvgIpc) is 3.34. The molecule has 3 rings (SSSR count). The van der Waals surface area contributed by atoms with Crippen LogP contribution in [0.15, 0.2) is 46.3 Å². The molecule has 0 aliphatic heterocycles. The van der Waals surface area contributed by atoms with E-state index in [0.29, 0.717) is 6.04 Å². The monoisotopic (exact) mass is 329 g/mol. The molecule has 1 aliphatic carbocycles. The van der Waals surface area contributed by atoms with Crippen molar-refractivity contribution in [1.29, 1.82) is 0 Å². The van der Waals surface area contributed by atoms with Gasteiger partial charge in [-0.05, 0) is 37.5 Å². The Morgan fingerprint density at radius 3 is 3.00 bits per heavy atom. The van der Waals surface area contributed by atoms with Crippen molar-refractivity contribution in [2.45, 2.75) is 51.1 Å². The topological polar surface area (TPSA) is 67.4 Å². The van der Waals surface area contributed by atoms with Crippen LogP contribution in [0.2, 0.25) is 0 Å². The van der Waals surface area contributed by atoms with Gasteiger partial charge in [0, 0.05) is 44.5 Å². The molecule has 0 unspecified atom stereocenters. The third-order valence-corrected chi connectivity index (χ3v) is 4.31. The molecule has 1 fully saturated rings. The van der Waals surface area contributed by atoms with Gasteiger partial charge >= 0.3 is 0 Å². The number of nitrogens with zero attached hydrogens (tertiary/aromatic N) is 3. The lowest BCUT2D eigenvalue weighted by atomic mass is 10.2. The van der Waals surface area contributed by atoms with E-state index in [9.17, 15) is 0 Å². The van der Waals surface area contributed by atoms with Crippen LogP contribution in [-0.4, -0.2) is 34.9 Å². The van der Waals surface area contributed by atoms with Gasteiger partial charge in [0.05, 0.1) is 6.26 Å². The highest BCUT2D eigenvalue weighted by Gasteiger charge is 2.15. The van der Waals surface area contributed by atoms with Gasteiger partial charge < -0.3 is 15.1 Å². The Labute approximate surface area is 143 Å². The molecule has 1 aliphatic rings. The standard InChI is InChI=1S/C18H27N5O/c1-2-7-16(6-1)22-18(20-12-9-17-8-3-15-24-17)19-10-4-13-23-14-5-11-21-23/h3,5,8,11,14-16H,1-2,4,6-7,9-10,12-13H2,(H2,19,20,22). The molecule has 2 heterocycles. The molecule has 2 aromatic rings. The van der Waals surface area contributed by atoms with Crippen molar-refractivity contribution in [3.8, 4) is 0 Å². The Balaban J connectivity index is 1.44. The summed E-state index contributed by atoms with van der Waals surface area (Å²) in [5.74, 6) is 1.93. The largest absolute Gasteiger partial charge is 0.469 e. The fraction of sp³-hybridized carbons (Fsp3) is 0.556. The number of aromatic nitrogens is 2. The lowest BCUT2D eigenvalue weighted by Crippen LogP contribution is -2.43. The first kappa shape index (κ1) is 16.6. The molecular formula is C18H27N5O. The van der Waals surface area contributed by atoms with Crippen LogP contribution < -0.4 is 10.6 Å². The van der Waals surface area contributed by atoms with Crippen LogP contribution in [0.25, 0.3) is 0 Å². The molecule has 0 saturated heterocycles. The second kappa shape index (κ2) is 9.15. The van der Waals surface area contributed by atoms with Gasteiger partial charge in [-0.3, -0.25) is 9.67 Å². The molecule has 0 amide bonds. The van der Waals surface area contributed by atoms with Gasteiger partial charge in [-0.2, -0.15) is 5.10 Å². The molecule has 130 valence electrons. The van der Waals surface area contributed by atoms with E-state index in [-0.39, 0.29) is 0 Å². The van der Waals surface area contributed by atoms with Crippen molar-refractivity contribution in [2.75, 3.05) is 13.1 Å². The molecule has 24 heavy (non-hydrogen) atoms. The maximum Gasteiger partial charge on any atom is 0.191 e. The molecule has 6 nitrogen and oxygen atoms in total. The van der Waals surface area contributed by atoms with E-state index in [4.69, 9.17) is 9.41 Å². The van der Waals surface area contributed by atoms with Crippen LogP contribution in [-0.2, 0) is 13.0 Å². The van der Waals surface area contributed by atoms with E-state index in [1.165, 1.54) is 25.7 Å². The van der Waals surface area contributed by atoms with Crippen LogP contribution in [0.4, 0.5) is 0 Å². The summed E-state index contributed by atoms with van der Waals surface area (Å²) >= 11 is 0. The number of aryl methyl sites for hydroxylation is 1. The zero-order valence-electron chi connectivity index (χ0n) is 14.2. The number of guanidine groups is 1. The Morgan fingerprint density at radius 2 is 2.25 bits per heavy atom. The molecule has 6 heteroatoms. The van der Waals surface area contributed by atoms with Crippen molar-refractivity contribution in [2.24, 2.45) is 4.99 Å². The predicted molar refractivity (Wildman–Crippen MR) is 95.0 cm³/mol. The van der Waals surface area contributed by atoms with Crippen LogP contribution in [0.1, 0.15) is 37.9 Å². The van der Waals surface area contributed by atoms with E-state index in [0.717, 1.165) is 44.2 Å². The summed E-state index contributed by atoms with van der Waals surface area (Å²) < 4.78 is 7.33. The zero-order valence-corrected chi connectivity index (χ0v) is 14.2. The van der Waals surface area contributed by atoms with Crippen LogP contribution in [0, 0.1) is 0 Å². The Morgan fingerprint density at radius 1 is 1.33 bits per heavy atom. The van der Waals surface area contributed by atoms with Crippen LogP contribution >= 0.6 is 0 Å². The quantitative estimate of drug-likeness (QED) is 0.444. The van der Waals surface area contributed by atoms with Gasteiger partial charge in [0.25, 0.3) is 0 Å². The van der Waals surface area contributed by atoms with E-state index in [2.05, 4.69) is 15.7 Å². The highest BCUT2D eigenvalue weighted by molar-refractivity contribution is 5.80. The summed E-state index contributed by atoms with van der Waals surface area (Å²) in [6.45, 7) is 2.52. The number of nitrogens with one attached hydrogen (secondary N) is 2. The van der Waals surface area contributed by atoms with Gasteiger partial charge in [-0.25, -0.2) is 0 Å². The van der Waals surface area contributed by atoms with Crippen molar-refractivity contribution in [3.63, 3.8) is 0 Å². The Bertz CT molecular complexity index is 585. The van der Waals surface area contributed by atoms with Crippen molar-refractivity contribution in [1.82, 2.24) is 20.4 Å². The number of aliphatic imine (C=N–C) groups is 1. The molecule has 0 aromatic carbocycles. The molecule has 0 spiro atoms. The fourth-order valence-corrected chi connectivity index (χ4v) is 3.03. The van der Waals surface area contributed by atoms with E-state index >= 15 is 0 Å². The average molecular weight is 329 g/mol. The minimum Gasteiger partial charge on any atom is -0.469 e. The summed E-state index contributed by atoms with van der Waals surface area (Å²) in [4.78, 5) is 4.73. The molecule has 2 aromatic heterocycles. The third kappa shape index (κ3) is 5.44. The molecule has 0 atom stereocenters. The minimum atomic E-state index is 0.561. The number of furan rings is 1. The second-order valence-corrected chi connectivity index (χ2v) is 6.23. The second-order valence-electron chi connectivity index (χ2n) is 6.23. The van der Waals surface area contributed by atoms with Gasteiger partial charge in [-0.15, -0.1) is 0 Å². The number of rotatable bonds is 8. The van der Waals surface area contributed by atoms with Crippen molar-refractivity contribution >= 4 is 5.96 Å². The summed E-state index contributed by atoms with van der Waals surface area (Å²) in [6, 6.07) is 6.45. The minimum absolute atomic E-state index is 0.561. The van der Waals surface area contributed by atoms with Crippen molar-refractivity contribution < 1.29 is 4.42 Å². The molecule has 0 radical (unpaired) electrons. The van der Waals surface area contributed by atoms with Gasteiger partial charge in [0.2, 0.25) is 0 Å². The summed E-state index contributed by atoms with van der Waals surface area (Å²) in [5.41, 5.74) is 0. The van der Waals surface area contributed by atoms with E-state index in [1.54, 1.807) is 6.26 Å². The maximum absolute atomic E-state index is 5.38. The van der Waals surface area contributed by atoms with Crippen LogP contribution in [0.5, 0.6) is 0 Å². The Kier molecular flexibility index (Phi) is 6.33. The first-order valence-electron chi connectivity index (χ1n) is 8.95. The summed E-state index contributed by atoms with van der Waals surface area (Å²) in [6.07, 6.45) is 12.5. The first-order chi connectivity index (χ1) is 11.9. The summed E-state index contributed by atoms with van der Waals surface area (Å²) in [5, 5.41) is 11.2. The highest BCUT2D eigenvalue weighted by atomic mass is 16.3. The van der Waals surface area contributed by atoms with Gasteiger partial charge in [0.1, 0.15) is 5.76 Å². The molecular weight excluding hydrogens is 302 g/mol.